The molecule has 7 nitrogen and oxygen atoms in total. The third-order valence-corrected chi connectivity index (χ3v) is 3.64. The lowest BCUT2D eigenvalue weighted by atomic mass is 10.1. The highest BCUT2D eigenvalue weighted by molar-refractivity contribution is 6.03. The van der Waals surface area contributed by atoms with E-state index in [0.29, 0.717) is 17.0 Å². The van der Waals surface area contributed by atoms with Gasteiger partial charge in [0.2, 0.25) is 5.95 Å². The first kappa shape index (κ1) is 19.1. The van der Waals surface area contributed by atoms with Crippen LogP contribution in [0, 0.1) is 0 Å². The number of aryl methyl sites for hydroxylation is 1. The molecule has 2 aromatic carbocycles. The van der Waals surface area contributed by atoms with Crippen molar-refractivity contribution in [3.63, 3.8) is 0 Å². The first-order valence-corrected chi connectivity index (χ1v) is 7.89. The number of aldehydes is 1. The molecule has 144 valence electrons. The molecule has 0 fully saturated rings. The molecule has 0 saturated carbocycles. The van der Waals surface area contributed by atoms with Gasteiger partial charge in [-0.25, -0.2) is 4.68 Å². The lowest BCUT2D eigenvalue weighted by Crippen LogP contribution is -2.17. The van der Waals surface area contributed by atoms with Gasteiger partial charge in [-0.15, -0.1) is 18.3 Å². The number of ether oxygens (including phenoxy) is 1. The third-order valence-electron chi connectivity index (χ3n) is 3.64. The number of hydrogen-bond donors (Lipinski definition) is 1. The zero-order valence-electron chi connectivity index (χ0n) is 14.4. The number of hydrogen-bond acceptors (Lipinski definition) is 5. The van der Waals surface area contributed by atoms with E-state index in [4.69, 9.17) is 0 Å². The van der Waals surface area contributed by atoms with E-state index in [0.717, 1.165) is 18.4 Å². The van der Waals surface area contributed by atoms with E-state index in [9.17, 15) is 22.8 Å². The quantitative estimate of drug-likeness (QED) is 0.675. The van der Waals surface area contributed by atoms with Crippen molar-refractivity contribution in [3.8, 4) is 17.1 Å². The molecular formula is C18H13F3N4O3. The SMILES string of the molecule is Cn1nc(NC(=O)c2ccc(OC(F)(F)F)cc2)nc1-c1ccc(C=O)cc1. The van der Waals surface area contributed by atoms with Crippen molar-refractivity contribution in [2.24, 2.45) is 7.05 Å². The zero-order valence-corrected chi connectivity index (χ0v) is 14.4. The molecule has 1 amide bonds. The molecule has 0 radical (unpaired) electrons. The number of nitrogens with zero attached hydrogens (tertiary/aromatic N) is 3. The van der Waals surface area contributed by atoms with Crippen molar-refractivity contribution in [1.82, 2.24) is 14.8 Å². The molecule has 28 heavy (non-hydrogen) atoms. The third kappa shape index (κ3) is 4.53. The number of anilines is 1. The topological polar surface area (TPSA) is 86.1 Å². The molecule has 0 spiro atoms. The highest BCUT2D eigenvalue weighted by atomic mass is 19.4. The van der Waals surface area contributed by atoms with E-state index in [-0.39, 0.29) is 11.5 Å². The minimum atomic E-state index is -4.80. The Hall–Kier alpha value is -3.69. The van der Waals surface area contributed by atoms with Gasteiger partial charge in [0.1, 0.15) is 12.0 Å². The molecule has 0 unspecified atom stereocenters. The van der Waals surface area contributed by atoms with Crippen molar-refractivity contribution < 1.29 is 27.5 Å². The van der Waals surface area contributed by atoms with Gasteiger partial charge in [0, 0.05) is 23.7 Å². The van der Waals surface area contributed by atoms with Gasteiger partial charge in [-0.2, -0.15) is 4.98 Å². The molecular weight excluding hydrogens is 377 g/mol. The van der Waals surface area contributed by atoms with Gasteiger partial charge in [-0.05, 0) is 24.3 Å². The molecule has 0 saturated heterocycles. The second-order valence-corrected chi connectivity index (χ2v) is 5.65. The predicted molar refractivity (Wildman–Crippen MR) is 92.9 cm³/mol. The number of aromatic nitrogens is 3. The monoisotopic (exact) mass is 390 g/mol. The van der Waals surface area contributed by atoms with Crippen LogP contribution in [0.1, 0.15) is 20.7 Å². The van der Waals surface area contributed by atoms with Gasteiger partial charge in [-0.1, -0.05) is 24.3 Å². The summed E-state index contributed by atoms with van der Waals surface area (Å²) in [4.78, 5) is 27.2. The molecule has 3 aromatic rings. The molecule has 1 N–H and O–H groups in total. The summed E-state index contributed by atoms with van der Waals surface area (Å²) in [6.07, 6.45) is -4.08. The normalized spacial score (nSPS) is 11.1. The van der Waals surface area contributed by atoms with E-state index in [1.54, 1.807) is 31.3 Å². The number of alkyl halides is 3. The van der Waals surface area contributed by atoms with Gasteiger partial charge < -0.3 is 4.74 Å². The Bertz CT molecular complexity index is 996. The van der Waals surface area contributed by atoms with E-state index >= 15 is 0 Å². The highest BCUT2D eigenvalue weighted by Gasteiger charge is 2.31. The average Bonchev–Trinajstić information content (AvgIpc) is 3.01. The second-order valence-electron chi connectivity index (χ2n) is 5.65. The van der Waals surface area contributed by atoms with Crippen LogP contribution in [0.2, 0.25) is 0 Å². The number of benzene rings is 2. The summed E-state index contributed by atoms with van der Waals surface area (Å²) in [6.45, 7) is 0. The smallest absolute Gasteiger partial charge is 0.406 e. The Labute approximate surface area is 156 Å². The summed E-state index contributed by atoms with van der Waals surface area (Å²) in [7, 11) is 1.63. The van der Waals surface area contributed by atoms with Crippen molar-refractivity contribution in [2.75, 3.05) is 5.32 Å². The number of amides is 1. The van der Waals surface area contributed by atoms with Crippen LogP contribution >= 0.6 is 0 Å². The van der Waals surface area contributed by atoms with Crippen LogP contribution in [0.4, 0.5) is 19.1 Å². The highest BCUT2D eigenvalue weighted by Crippen LogP contribution is 2.23. The minimum absolute atomic E-state index is 0.0255. The maximum atomic E-state index is 12.2. The zero-order chi connectivity index (χ0) is 20.3. The van der Waals surface area contributed by atoms with Crippen LogP contribution in [0.25, 0.3) is 11.4 Å². The van der Waals surface area contributed by atoms with Gasteiger partial charge in [0.15, 0.2) is 5.82 Å². The molecule has 0 atom stereocenters. The Morgan fingerprint density at radius 1 is 1.11 bits per heavy atom. The van der Waals surface area contributed by atoms with Crippen molar-refractivity contribution in [2.45, 2.75) is 6.36 Å². The summed E-state index contributed by atoms with van der Waals surface area (Å²) in [6, 6.07) is 11.1. The van der Waals surface area contributed by atoms with Crippen LogP contribution < -0.4 is 10.1 Å². The summed E-state index contributed by atoms with van der Waals surface area (Å²) in [5.41, 5.74) is 1.31. The van der Waals surface area contributed by atoms with E-state index in [1.165, 1.54) is 16.8 Å². The second kappa shape index (κ2) is 7.51. The van der Waals surface area contributed by atoms with Crippen LogP contribution in [-0.4, -0.2) is 33.3 Å². The first-order valence-electron chi connectivity index (χ1n) is 7.89. The van der Waals surface area contributed by atoms with Crippen LogP contribution in [-0.2, 0) is 7.05 Å². The lowest BCUT2D eigenvalue weighted by Gasteiger charge is -2.08. The molecule has 1 heterocycles. The Kier molecular flexibility index (Phi) is 5.12. The molecule has 0 aliphatic rings. The van der Waals surface area contributed by atoms with Gasteiger partial charge >= 0.3 is 6.36 Å². The van der Waals surface area contributed by atoms with E-state index in [1.807, 2.05) is 0 Å². The summed E-state index contributed by atoms with van der Waals surface area (Å²) in [5.74, 6) is -0.535. The summed E-state index contributed by atoms with van der Waals surface area (Å²) in [5, 5.41) is 6.57. The Morgan fingerprint density at radius 2 is 1.75 bits per heavy atom. The Balaban J connectivity index is 1.73. The van der Waals surface area contributed by atoms with E-state index < -0.39 is 18.0 Å². The average molecular weight is 390 g/mol. The summed E-state index contributed by atoms with van der Waals surface area (Å²) >= 11 is 0. The molecule has 1 aromatic heterocycles. The van der Waals surface area contributed by atoms with Crippen LogP contribution in [0.3, 0.4) is 0 Å². The predicted octanol–water partition coefficient (Wildman–Crippen LogP) is 3.45. The van der Waals surface area contributed by atoms with Crippen molar-refractivity contribution in [1.29, 1.82) is 0 Å². The number of carbonyl (C=O) groups is 2. The maximum Gasteiger partial charge on any atom is 0.573 e. The van der Waals surface area contributed by atoms with Gasteiger partial charge in [0.25, 0.3) is 5.91 Å². The number of carbonyl (C=O) groups excluding carboxylic acids is 2. The largest absolute Gasteiger partial charge is 0.573 e. The number of rotatable bonds is 5. The van der Waals surface area contributed by atoms with E-state index in [2.05, 4.69) is 20.1 Å². The molecule has 0 aliphatic heterocycles. The summed E-state index contributed by atoms with van der Waals surface area (Å²) < 4.78 is 41.7. The van der Waals surface area contributed by atoms with Crippen molar-refractivity contribution in [3.05, 3.63) is 59.7 Å². The molecule has 3 rings (SSSR count). The molecule has 10 heteroatoms. The van der Waals surface area contributed by atoms with Crippen LogP contribution in [0.5, 0.6) is 5.75 Å². The number of halogens is 3. The first-order chi connectivity index (χ1) is 13.2. The fourth-order valence-corrected chi connectivity index (χ4v) is 2.38. The van der Waals surface area contributed by atoms with Crippen LogP contribution in [0.15, 0.2) is 48.5 Å². The van der Waals surface area contributed by atoms with Crippen molar-refractivity contribution >= 4 is 18.1 Å². The van der Waals surface area contributed by atoms with Gasteiger partial charge in [0.05, 0.1) is 0 Å². The van der Waals surface area contributed by atoms with Gasteiger partial charge in [-0.3, -0.25) is 14.9 Å². The standard InChI is InChI=1S/C18H13F3N4O3/c1-25-15(12-4-2-11(10-26)3-5-12)22-17(24-25)23-16(27)13-6-8-14(9-7-13)28-18(19,20)21/h2-10H,1H3,(H,23,24,27). The minimum Gasteiger partial charge on any atom is -0.406 e. The fraction of sp³-hybridized carbons (Fsp3) is 0.111. The Morgan fingerprint density at radius 3 is 2.32 bits per heavy atom. The molecule has 0 aliphatic carbocycles. The fourth-order valence-electron chi connectivity index (χ4n) is 2.38. The maximum absolute atomic E-state index is 12.2. The number of nitrogens with one attached hydrogen (secondary N) is 1. The molecule has 0 bridgehead atoms. The lowest BCUT2D eigenvalue weighted by molar-refractivity contribution is -0.274.